The van der Waals surface area contributed by atoms with Crippen molar-refractivity contribution >= 4 is 0 Å². The summed E-state index contributed by atoms with van der Waals surface area (Å²) >= 11 is 0. The molecule has 15 heavy (non-hydrogen) atoms. The molecule has 0 bridgehead atoms. The minimum Gasteiger partial charge on any atom is -0.374 e. The van der Waals surface area contributed by atoms with Gasteiger partial charge >= 0.3 is 0 Å². The Labute approximate surface area is 92.1 Å². The lowest BCUT2D eigenvalue weighted by Crippen LogP contribution is -2.06. The van der Waals surface area contributed by atoms with Gasteiger partial charge in [-0.15, -0.1) is 0 Å². The molecule has 0 fully saturated rings. The maximum absolute atomic E-state index is 5.69. The van der Waals surface area contributed by atoms with Crippen LogP contribution in [0.2, 0.25) is 0 Å². The van der Waals surface area contributed by atoms with Crippen LogP contribution in [0.1, 0.15) is 18.9 Å². The van der Waals surface area contributed by atoms with Crippen molar-refractivity contribution in [2.45, 2.75) is 26.1 Å². The predicted octanol–water partition coefficient (Wildman–Crippen LogP) is 3.72. The molecule has 0 N–H and O–H groups in total. The lowest BCUT2D eigenvalue weighted by molar-refractivity contribution is 0.0552. The number of allylic oxidation sites excluding steroid dienone is 2. The van der Waals surface area contributed by atoms with Crippen LogP contribution in [0.15, 0.2) is 55.1 Å². The van der Waals surface area contributed by atoms with Crippen LogP contribution in [0.4, 0.5) is 0 Å². The summed E-state index contributed by atoms with van der Waals surface area (Å²) in [5.41, 5.74) is 1.22. The molecule has 0 aliphatic rings. The first-order valence-electron chi connectivity index (χ1n) is 5.26. The van der Waals surface area contributed by atoms with Gasteiger partial charge < -0.3 is 4.74 Å². The zero-order valence-corrected chi connectivity index (χ0v) is 9.23. The fraction of sp³-hybridized carbons (Fsp3) is 0.286. The molecule has 0 aromatic heterocycles. The molecule has 1 rings (SSSR count). The van der Waals surface area contributed by atoms with E-state index in [0.29, 0.717) is 6.61 Å². The lowest BCUT2D eigenvalue weighted by Gasteiger charge is -2.10. The molecule has 0 amide bonds. The van der Waals surface area contributed by atoms with Gasteiger partial charge in [0, 0.05) is 0 Å². The van der Waals surface area contributed by atoms with E-state index in [1.165, 1.54) is 5.56 Å². The molecule has 1 aromatic carbocycles. The second-order valence-corrected chi connectivity index (χ2v) is 3.51. The summed E-state index contributed by atoms with van der Waals surface area (Å²) in [7, 11) is 0. The number of ether oxygens (including phenoxy) is 1. The standard InChI is InChI=1S/C14H18O/c1-3-4-6-9-13(2)15-12-14-10-7-5-8-11-14/h3-8,10-11,13H,1,9,12H2,2H3/b6-4+. The Bertz CT molecular complexity index is 300. The number of rotatable bonds is 6. The van der Waals surface area contributed by atoms with E-state index in [0.717, 1.165) is 6.42 Å². The summed E-state index contributed by atoms with van der Waals surface area (Å²) in [4.78, 5) is 0. The van der Waals surface area contributed by atoms with Crippen molar-refractivity contribution in [3.8, 4) is 0 Å². The second kappa shape index (κ2) is 7.02. The molecule has 0 radical (unpaired) electrons. The van der Waals surface area contributed by atoms with Gasteiger partial charge in [0.05, 0.1) is 12.7 Å². The third kappa shape index (κ3) is 5.18. The van der Waals surface area contributed by atoms with Gasteiger partial charge in [-0.3, -0.25) is 0 Å². The van der Waals surface area contributed by atoms with E-state index in [1.54, 1.807) is 6.08 Å². The zero-order valence-electron chi connectivity index (χ0n) is 9.23. The van der Waals surface area contributed by atoms with Crippen molar-refractivity contribution in [1.82, 2.24) is 0 Å². The van der Waals surface area contributed by atoms with Gasteiger partial charge in [0.2, 0.25) is 0 Å². The van der Waals surface area contributed by atoms with Crippen molar-refractivity contribution in [2.24, 2.45) is 0 Å². The highest BCUT2D eigenvalue weighted by Gasteiger charge is 1.99. The summed E-state index contributed by atoms with van der Waals surface area (Å²) < 4.78 is 5.69. The third-order valence-corrected chi connectivity index (χ3v) is 2.12. The highest BCUT2D eigenvalue weighted by molar-refractivity contribution is 5.13. The minimum absolute atomic E-state index is 0.251. The van der Waals surface area contributed by atoms with E-state index >= 15 is 0 Å². The molecule has 80 valence electrons. The Morgan fingerprint density at radius 3 is 2.73 bits per heavy atom. The van der Waals surface area contributed by atoms with Gasteiger partial charge in [0.1, 0.15) is 0 Å². The van der Waals surface area contributed by atoms with Crippen LogP contribution >= 0.6 is 0 Å². The average Bonchev–Trinajstić information content (AvgIpc) is 2.28. The van der Waals surface area contributed by atoms with Crippen molar-refractivity contribution in [3.05, 3.63) is 60.7 Å². The molecular weight excluding hydrogens is 184 g/mol. The Morgan fingerprint density at radius 1 is 1.33 bits per heavy atom. The van der Waals surface area contributed by atoms with Gasteiger partial charge in [-0.25, -0.2) is 0 Å². The highest BCUT2D eigenvalue weighted by atomic mass is 16.5. The molecule has 1 atom stereocenters. The molecule has 1 heteroatoms. The molecule has 0 spiro atoms. The molecule has 0 saturated heterocycles. The topological polar surface area (TPSA) is 9.23 Å². The number of benzene rings is 1. The number of hydrogen-bond donors (Lipinski definition) is 0. The smallest absolute Gasteiger partial charge is 0.0720 e. The Kier molecular flexibility index (Phi) is 5.49. The third-order valence-electron chi connectivity index (χ3n) is 2.12. The second-order valence-electron chi connectivity index (χ2n) is 3.51. The first kappa shape index (κ1) is 11.7. The van der Waals surface area contributed by atoms with Crippen LogP contribution in [0, 0.1) is 0 Å². The van der Waals surface area contributed by atoms with Crippen LogP contribution in [0.25, 0.3) is 0 Å². The molecule has 0 saturated carbocycles. The average molecular weight is 202 g/mol. The van der Waals surface area contributed by atoms with Crippen molar-refractivity contribution < 1.29 is 4.74 Å². The Balaban J connectivity index is 2.25. The van der Waals surface area contributed by atoms with Gasteiger partial charge in [-0.1, -0.05) is 55.1 Å². The monoisotopic (exact) mass is 202 g/mol. The van der Waals surface area contributed by atoms with Gasteiger partial charge in [0.15, 0.2) is 0 Å². The van der Waals surface area contributed by atoms with Crippen LogP contribution < -0.4 is 0 Å². The van der Waals surface area contributed by atoms with Crippen LogP contribution in [-0.2, 0) is 11.3 Å². The van der Waals surface area contributed by atoms with Crippen LogP contribution in [0.5, 0.6) is 0 Å². The molecule has 1 nitrogen and oxygen atoms in total. The van der Waals surface area contributed by atoms with E-state index < -0.39 is 0 Å². The normalized spacial score (nSPS) is 12.9. The summed E-state index contributed by atoms with van der Waals surface area (Å²) in [5.74, 6) is 0. The van der Waals surface area contributed by atoms with Gasteiger partial charge in [-0.05, 0) is 18.9 Å². The van der Waals surface area contributed by atoms with Crippen LogP contribution in [-0.4, -0.2) is 6.10 Å². The van der Waals surface area contributed by atoms with E-state index in [4.69, 9.17) is 4.74 Å². The minimum atomic E-state index is 0.251. The highest BCUT2D eigenvalue weighted by Crippen LogP contribution is 2.05. The maximum atomic E-state index is 5.69. The van der Waals surface area contributed by atoms with E-state index in [1.807, 2.05) is 24.3 Å². The maximum Gasteiger partial charge on any atom is 0.0720 e. The summed E-state index contributed by atoms with van der Waals surface area (Å²) in [6.07, 6.45) is 6.98. The van der Waals surface area contributed by atoms with E-state index in [2.05, 4.69) is 31.7 Å². The van der Waals surface area contributed by atoms with Gasteiger partial charge in [-0.2, -0.15) is 0 Å². The molecular formula is C14H18O. The van der Waals surface area contributed by atoms with Crippen LogP contribution in [0.3, 0.4) is 0 Å². The summed E-state index contributed by atoms with van der Waals surface area (Å²) in [5, 5.41) is 0. The van der Waals surface area contributed by atoms with Crippen molar-refractivity contribution in [1.29, 1.82) is 0 Å². The predicted molar refractivity (Wildman–Crippen MR) is 64.6 cm³/mol. The number of hydrogen-bond acceptors (Lipinski definition) is 1. The lowest BCUT2D eigenvalue weighted by atomic mass is 10.2. The first-order valence-corrected chi connectivity index (χ1v) is 5.26. The van der Waals surface area contributed by atoms with E-state index in [-0.39, 0.29) is 6.10 Å². The summed E-state index contributed by atoms with van der Waals surface area (Å²) in [6, 6.07) is 10.2. The fourth-order valence-electron chi connectivity index (χ4n) is 1.25. The zero-order chi connectivity index (χ0) is 10.9. The van der Waals surface area contributed by atoms with Crippen molar-refractivity contribution in [2.75, 3.05) is 0 Å². The summed E-state index contributed by atoms with van der Waals surface area (Å²) in [6.45, 7) is 6.39. The SMILES string of the molecule is C=C/C=C/CC(C)OCc1ccccc1. The molecule has 0 heterocycles. The van der Waals surface area contributed by atoms with E-state index in [9.17, 15) is 0 Å². The first-order chi connectivity index (χ1) is 7.33. The Hall–Kier alpha value is -1.34. The van der Waals surface area contributed by atoms with Crippen molar-refractivity contribution in [3.63, 3.8) is 0 Å². The van der Waals surface area contributed by atoms with Gasteiger partial charge in [0.25, 0.3) is 0 Å². The molecule has 1 unspecified atom stereocenters. The largest absolute Gasteiger partial charge is 0.374 e. The quantitative estimate of drug-likeness (QED) is 0.639. The molecule has 0 aliphatic heterocycles. The molecule has 0 aliphatic carbocycles. The Morgan fingerprint density at radius 2 is 2.07 bits per heavy atom. The fourth-order valence-corrected chi connectivity index (χ4v) is 1.25. The molecule has 1 aromatic rings.